The van der Waals surface area contributed by atoms with E-state index >= 15 is 0 Å². The Labute approximate surface area is 103 Å². The van der Waals surface area contributed by atoms with Gasteiger partial charge >= 0.3 is 5.97 Å². The zero-order chi connectivity index (χ0) is 12.3. The quantitative estimate of drug-likeness (QED) is 0.847. The standard InChI is InChI=1S/C12H12N2O2S/c1-16-12(15)10-4-2-9(3-5-10)11(13)8-14-6-7-17-14/h2-8H,13H2,1H3/b11-8-. The third kappa shape index (κ3) is 2.57. The number of benzene rings is 1. The maximum absolute atomic E-state index is 11.2. The summed E-state index contributed by atoms with van der Waals surface area (Å²) in [6.07, 6.45) is 3.75. The smallest absolute Gasteiger partial charge is 0.337 e. The van der Waals surface area contributed by atoms with Crippen molar-refractivity contribution in [2.75, 3.05) is 7.11 Å². The van der Waals surface area contributed by atoms with E-state index in [1.54, 1.807) is 35.8 Å². The summed E-state index contributed by atoms with van der Waals surface area (Å²) in [5.41, 5.74) is 7.96. The Kier molecular flexibility index (Phi) is 3.30. The second kappa shape index (κ2) is 4.88. The van der Waals surface area contributed by atoms with E-state index in [0.29, 0.717) is 11.3 Å². The largest absolute Gasteiger partial charge is 0.465 e. The molecule has 0 aliphatic rings. The second-order valence-electron chi connectivity index (χ2n) is 3.40. The lowest BCUT2D eigenvalue weighted by molar-refractivity contribution is 0.0601. The van der Waals surface area contributed by atoms with Gasteiger partial charge in [0.25, 0.3) is 0 Å². The minimum absolute atomic E-state index is 0.347. The predicted octanol–water partition coefficient (Wildman–Crippen LogP) is 2.25. The summed E-state index contributed by atoms with van der Waals surface area (Å²) < 4.78 is 6.53. The summed E-state index contributed by atoms with van der Waals surface area (Å²) in [4.78, 5) is 11.2. The predicted molar refractivity (Wildman–Crippen MR) is 68.4 cm³/mol. The molecule has 1 aromatic carbocycles. The fraction of sp³-hybridized carbons (Fsp3) is 0.0833. The minimum Gasteiger partial charge on any atom is -0.465 e. The molecule has 1 heterocycles. The molecule has 5 heteroatoms. The van der Waals surface area contributed by atoms with E-state index in [1.807, 2.05) is 21.7 Å². The van der Waals surface area contributed by atoms with Crippen molar-refractivity contribution in [1.29, 1.82) is 0 Å². The van der Waals surface area contributed by atoms with Crippen LogP contribution in [0.4, 0.5) is 0 Å². The lowest BCUT2D eigenvalue weighted by Crippen LogP contribution is -2.03. The first-order chi connectivity index (χ1) is 8.20. The molecule has 0 fully saturated rings. The highest BCUT2D eigenvalue weighted by Crippen LogP contribution is 2.14. The molecule has 0 aliphatic heterocycles. The molecular formula is C12H12N2O2S. The van der Waals surface area contributed by atoms with Gasteiger partial charge in [0, 0.05) is 17.8 Å². The molecule has 0 bridgehead atoms. The van der Waals surface area contributed by atoms with E-state index in [1.165, 1.54) is 7.11 Å². The Morgan fingerprint density at radius 2 is 1.94 bits per heavy atom. The molecule has 0 saturated heterocycles. The molecule has 0 atom stereocenters. The van der Waals surface area contributed by atoms with Gasteiger partial charge in [0.1, 0.15) is 0 Å². The van der Waals surface area contributed by atoms with Crippen LogP contribution in [0.2, 0.25) is 0 Å². The second-order valence-corrected chi connectivity index (χ2v) is 4.31. The van der Waals surface area contributed by atoms with Crippen LogP contribution in [-0.2, 0) is 4.74 Å². The van der Waals surface area contributed by atoms with Crippen LogP contribution in [0.5, 0.6) is 0 Å². The SMILES string of the molecule is COC(=O)c1ccc(/C(N)=C/n2ccs2)cc1. The van der Waals surface area contributed by atoms with Crippen LogP contribution >= 0.6 is 11.5 Å². The van der Waals surface area contributed by atoms with Crippen LogP contribution in [-0.4, -0.2) is 17.0 Å². The van der Waals surface area contributed by atoms with Gasteiger partial charge in [-0.05, 0) is 17.7 Å². The van der Waals surface area contributed by atoms with Gasteiger partial charge < -0.3 is 10.5 Å². The Balaban J connectivity index is 2.19. The zero-order valence-corrected chi connectivity index (χ0v) is 10.1. The third-order valence-corrected chi connectivity index (χ3v) is 3.01. The number of methoxy groups -OCH3 is 1. The van der Waals surface area contributed by atoms with Gasteiger partial charge in [0.05, 0.1) is 18.4 Å². The first-order valence-corrected chi connectivity index (χ1v) is 5.82. The van der Waals surface area contributed by atoms with E-state index in [2.05, 4.69) is 4.74 Å². The molecule has 0 aliphatic carbocycles. The molecular weight excluding hydrogens is 236 g/mol. The van der Waals surface area contributed by atoms with Crippen LogP contribution in [0.25, 0.3) is 11.9 Å². The molecule has 2 aromatic rings. The highest BCUT2D eigenvalue weighted by Gasteiger charge is 2.05. The molecule has 4 nitrogen and oxygen atoms in total. The fourth-order valence-electron chi connectivity index (χ4n) is 1.33. The van der Waals surface area contributed by atoms with Gasteiger partial charge in [-0.1, -0.05) is 23.7 Å². The molecule has 0 saturated carbocycles. The highest BCUT2D eigenvalue weighted by atomic mass is 32.1. The van der Waals surface area contributed by atoms with Gasteiger partial charge in [0.2, 0.25) is 0 Å². The average molecular weight is 248 g/mol. The summed E-state index contributed by atoms with van der Waals surface area (Å²) in [6.45, 7) is 0. The Morgan fingerprint density at radius 1 is 1.35 bits per heavy atom. The number of nitrogens with two attached hydrogens (primary N) is 1. The van der Waals surface area contributed by atoms with E-state index in [-0.39, 0.29) is 5.97 Å². The molecule has 0 spiro atoms. The topological polar surface area (TPSA) is 57.2 Å². The molecule has 0 unspecified atom stereocenters. The van der Waals surface area contributed by atoms with Crippen molar-refractivity contribution < 1.29 is 9.53 Å². The van der Waals surface area contributed by atoms with Crippen LogP contribution in [0.15, 0.2) is 35.8 Å². The molecule has 2 N–H and O–H groups in total. The first-order valence-electron chi connectivity index (χ1n) is 4.98. The fourth-order valence-corrected chi connectivity index (χ4v) is 1.77. The summed E-state index contributed by atoms with van der Waals surface area (Å²) in [5.74, 6) is -0.347. The number of rotatable bonds is 3. The van der Waals surface area contributed by atoms with Crippen molar-refractivity contribution in [1.82, 2.24) is 3.96 Å². The van der Waals surface area contributed by atoms with Crippen LogP contribution in [0, 0.1) is 0 Å². The normalized spacial score (nSPS) is 11.5. The van der Waals surface area contributed by atoms with Gasteiger partial charge in [0.15, 0.2) is 0 Å². The number of hydrogen-bond acceptors (Lipinski definition) is 4. The van der Waals surface area contributed by atoms with Crippen molar-refractivity contribution in [3.8, 4) is 0 Å². The maximum atomic E-state index is 11.2. The first kappa shape index (κ1) is 11.5. The third-order valence-electron chi connectivity index (χ3n) is 2.30. The summed E-state index contributed by atoms with van der Waals surface area (Å²) in [7, 11) is 1.36. The van der Waals surface area contributed by atoms with Gasteiger partial charge in [-0.25, -0.2) is 4.79 Å². The molecule has 1 aromatic heterocycles. The van der Waals surface area contributed by atoms with Crippen molar-refractivity contribution in [2.45, 2.75) is 0 Å². The van der Waals surface area contributed by atoms with Gasteiger partial charge in [-0.2, -0.15) is 0 Å². The van der Waals surface area contributed by atoms with Crippen LogP contribution in [0.1, 0.15) is 15.9 Å². The minimum atomic E-state index is -0.347. The number of nitrogens with zero attached hydrogens (tertiary/aromatic N) is 1. The van der Waals surface area contributed by atoms with Crippen molar-refractivity contribution >= 4 is 29.4 Å². The maximum Gasteiger partial charge on any atom is 0.337 e. The molecule has 2 rings (SSSR count). The Hall–Kier alpha value is -2.01. The van der Waals surface area contributed by atoms with Crippen LogP contribution < -0.4 is 5.73 Å². The van der Waals surface area contributed by atoms with Crippen molar-refractivity contribution in [3.05, 3.63) is 47.0 Å². The monoisotopic (exact) mass is 248 g/mol. The van der Waals surface area contributed by atoms with Gasteiger partial charge in [-0.3, -0.25) is 3.96 Å². The van der Waals surface area contributed by atoms with Crippen LogP contribution in [0.3, 0.4) is 0 Å². The highest BCUT2D eigenvalue weighted by molar-refractivity contribution is 7.05. The number of aromatic nitrogens is 1. The number of esters is 1. The summed E-state index contributed by atoms with van der Waals surface area (Å²) >= 11 is 1.56. The van der Waals surface area contributed by atoms with Crippen molar-refractivity contribution in [3.63, 3.8) is 0 Å². The summed E-state index contributed by atoms with van der Waals surface area (Å²) in [6, 6.07) is 6.99. The van der Waals surface area contributed by atoms with E-state index < -0.39 is 0 Å². The molecule has 0 radical (unpaired) electrons. The summed E-state index contributed by atoms with van der Waals surface area (Å²) in [5, 5.41) is 1.96. The average Bonchev–Trinajstić information content (AvgIpc) is 2.32. The number of carbonyl (C=O) groups excluding carboxylic acids is 1. The van der Waals surface area contributed by atoms with Gasteiger partial charge in [-0.15, -0.1) is 0 Å². The Morgan fingerprint density at radius 3 is 2.41 bits per heavy atom. The molecule has 0 amide bonds. The Bertz CT molecular complexity index is 528. The van der Waals surface area contributed by atoms with E-state index in [0.717, 1.165) is 5.56 Å². The van der Waals surface area contributed by atoms with E-state index in [4.69, 9.17) is 5.73 Å². The number of ether oxygens (including phenoxy) is 1. The number of carbonyl (C=O) groups is 1. The zero-order valence-electron chi connectivity index (χ0n) is 9.29. The molecule has 88 valence electrons. The lowest BCUT2D eigenvalue weighted by Gasteiger charge is -2.06. The molecule has 17 heavy (non-hydrogen) atoms. The lowest BCUT2D eigenvalue weighted by atomic mass is 10.1. The van der Waals surface area contributed by atoms with E-state index in [9.17, 15) is 4.79 Å². The van der Waals surface area contributed by atoms with Crippen molar-refractivity contribution in [2.24, 2.45) is 5.73 Å². The number of hydrogen-bond donors (Lipinski definition) is 1.